The van der Waals surface area contributed by atoms with E-state index in [0.717, 1.165) is 42.4 Å². The minimum absolute atomic E-state index is 0.118. The Morgan fingerprint density at radius 3 is 2.29 bits per heavy atom. The van der Waals surface area contributed by atoms with E-state index in [2.05, 4.69) is 5.32 Å². The number of halogens is 2. The summed E-state index contributed by atoms with van der Waals surface area (Å²) in [7, 11) is 0. The molecule has 182 valence electrons. The fourth-order valence-electron chi connectivity index (χ4n) is 4.65. The number of nitrogens with zero attached hydrogens (tertiary/aromatic N) is 1. The first-order chi connectivity index (χ1) is 17.0. The Morgan fingerprint density at radius 2 is 1.57 bits per heavy atom. The second-order valence-corrected chi connectivity index (χ2v) is 9.96. The maximum atomic E-state index is 13.8. The average Bonchev–Trinajstić information content (AvgIpc) is 3.36. The van der Waals surface area contributed by atoms with E-state index in [4.69, 9.17) is 23.2 Å². The van der Waals surface area contributed by atoms with Crippen LogP contribution >= 0.6 is 23.2 Å². The SMILES string of the molecule is O=C(NC1CCCC1)[C@@H](Cc1ccccc1)N(Cc1ccccc1Cl)C(=O)Cc1cccc(Cl)c1. The molecule has 0 unspecified atom stereocenters. The lowest BCUT2D eigenvalue weighted by Crippen LogP contribution is -2.52. The van der Waals surface area contributed by atoms with Crippen molar-refractivity contribution in [2.75, 3.05) is 0 Å². The van der Waals surface area contributed by atoms with Crippen molar-refractivity contribution in [3.63, 3.8) is 0 Å². The minimum Gasteiger partial charge on any atom is -0.352 e. The largest absolute Gasteiger partial charge is 0.352 e. The third-order valence-corrected chi connectivity index (χ3v) is 7.12. The van der Waals surface area contributed by atoms with Crippen LogP contribution < -0.4 is 5.32 Å². The Labute approximate surface area is 217 Å². The van der Waals surface area contributed by atoms with E-state index in [0.29, 0.717) is 16.5 Å². The summed E-state index contributed by atoms with van der Waals surface area (Å²) < 4.78 is 0. The molecule has 6 heteroatoms. The van der Waals surface area contributed by atoms with Crippen molar-refractivity contribution in [3.8, 4) is 0 Å². The van der Waals surface area contributed by atoms with Crippen molar-refractivity contribution in [2.45, 2.75) is 57.2 Å². The third kappa shape index (κ3) is 7.09. The number of hydrogen-bond acceptors (Lipinski definition) is 2. The maximum Gasteiger partial charge on any atom is 0.243 e. The molecule has 0 spiro atoms. The van der Waals surface area contributed by atoms with Crippen LogP contribution in [0.5, 0.6) is 0 Å². The van der Waals surface area contributed by atoms with Crippen LogP contribution in [-0.2, 0) is 29.0 Å². The van der Waals surface area contributed by atoms with E-state index in [9.17, 15) is 9.59 Å². The van der Waals surface area contributed by atoms with Gasteiger partial charge in [-0.3, -0.25) is 9.59 Å². The first-order valence-corrected chi connectivity index (χ1v) is 12.9. The van der Waals surface area contributed by atoms with Crippen molar-refractivity contribution >= 4 is 35.0 Å². The summed E-state index contributed by atoms with van der Waals surface area (Å²) >= 11 is 12.6. The maximum absolute atomic E-state index is 13.8. The summed E-state index contributed by atoms with van der Waals surface area (Å²) in [6, 6.07) is 24.1. The van der Waals surface area contributed by atoms with E-state index < -0.39 is 6.04 Å². The smallest absolute Gasteiger partial charge is 0.243 e. The summed E-state index contributed by atoms with van der Waals surface area (Å²) in [5, 5.41) is 4.37. The monoisotopic (exact) mass is 508 g/mol. The lowest BCUT2D eigenvalue weighted by Gasteiger charge is -2.32. The van der Waals surface area contributed by atoms with Crippen molar-refractivity contribution in [1.29, 1.82) is 0 Å². The van der Waals surface area contributed by atoms with Gasteiger partial charge in [-0.05, 0) is 47.7 Å². The van der Waals surface area contributed by atoms with Gasteiger partial charge in [0.25, 0.3) is 0 Å². The second kappa shape index (κ2) is 12.2. The molecule has 0 aliphatic heterocycles. The van der Waals surface area contributed by atoms with Gasteiger partial charge in [-0.1, -0.05) is 96.7 Å². The molecular weight excluding hydrogens is 479 g/mol. The Hall–Kier alpha value is -2.82. The summed E-state index contributed by atoms with van der Waals surface area (Å²) in [6.07, 6.45) is 4.75. The number of benzene rings is 3. The Bertz CT molecular complexity index is 1150. The molecule has 0 saturated heterocycles. The predicted octanol–water partition coefficient (Wildman–Crippen LogP) is 6.23. The molecule has 3 aromatic rings. The Morgan fingerprint density at radius 1 is 0.886 bits per heavy atom. The van der Waals surface area contributed by atoms with Crippen LogP contribution in [0, 0.1) is 0 Å². The molecule has 0 aromatic heterocycles. The average molecular weight is 509 g/mol. The number of hydrogen-bond donors (Lipinski definition) is 1. The molecule has 1 fully saturated rings. The van der Waals surface area contributed by atoms with Gasteiger partial charge >= 0.3 is 0 Å². The summed E-state index contributed by atoms with van der Waals surface area (Å²) in [5.74, 6) is -0.262. The van der Waals surface area contributed by atoms with E-state index in [1.807, 2.05) is 60.7 Å². The number of carbonyl (C=O) groups excluding carboxylic acids is 2. The fraction of sp³-hybridized carbons (Fsp3) is 0.310. The summed E-state index contributed by atoms with van der Waals surface area (Å²) in [5.41, 5.74) is 2.61. The highest BCUT2D eigenvalue weighted by molar-refractivity contribution is 6.31. The quantitative estimate of drug-likeness (QED) is 0.372. The molecule has 1 saturated carbocycles. The summed E-state index contributed by atoms with van der Waals surface area (Å²) in [6.45, 7) is 0.245. The van der Waals surface area contributed by atoms with Crippen molar-refractivity contribution in [1.82, 2.24) is 10.2 Å². The molecule has 0 bridgehead atoms. The zero-order valence-corrected chi connectivity index (χ0v) is 21.1. The van der Waals surface area contributed by atoms with Gasteiger partial charge in [-0.2, -0.15) is 0 Å². The van der Waals surface area contributed by atoms with Crippen LogP contribution in [0.2, 0.25) is 10.0 Å². The molecule has 4 rings (SSSR count). The molecule has 3 aromatic carbocycles. The van der Waals surface area contributed by atoms with Crippen LogP contribution in [0.3, 0.4) is 0 Å². The molecule has 1 N–H and O–H groups in total. The van der Waals surface area contributed by atoms with Crippen LogP contribution in [0.1, 0.15) is 42.4 Å². The summed E-state index contributed by atoms with van der Waals surface area (Å²) in [4.78, 5) is 29.1. The molecule has 1 aliphatic rings. The first kappa shape index (κ1) is 25.3. The van der Waals surface area contributed by atoms with E-state index in [-0.39, 0.29) is 30.8 Å². The number of carbonyl (C=O) groups is 2. The van der Waals surface area contributed by atoms with Crippen molar-refractivity contribution in [2.24, 2.45) is 0 Å². The van der Waals surface area contributed by atoms with Gasteiger partial charge in [0.2, 0.25) is 11.8 Å². The van der Waals surface area contributed by atoms with Gasteiger partial charge in [0.05, 0.1) is 6.42 Å². The van der Waals surface area contributed by atoms with E-state index in [1.165, 1.54) is 0 Å². The van der Waals surface area contributed by atoms with E-state index in [1.54, 1.807) is 23.1 Å². The number of nitrogens with one attached hydrogen (secondary N) is 1. The highest BCUT2D eigenvalue weighted by atomic mass is 35.5. The van der Waals surface area contributed by atoms with Crippen molar-refractivity contribution < 1.29 is 9.59 Å². The number of amides is 2. The highest BCUT2D eigenvalue weighted by Crippen LogP contribution is 2.23. The highest BCUT2D eigenvalue weighted by Gasteiger charge is 2.32. The van der Waals surface area contributed by atoms with Gasteiger partial charge in [-0.25, -0.2) is 0 Å². The van der Waals surface area contributed by atoms with Crippen molar-refractivity contribution in [3.05, 3.63) is 106 Å². The first-order valence-electron chi connectivity index (χ1n) is 12.1. The Balaban J connectivity index is 1.67. The van der Waals surface area contributed by atoms with Crippen LogP contribution in [0.25, 0.3) is 0 Å². The van der Waals surface area contributed by atoms with Gasteiger partial charge in [0, 0.05) is 29.1 Å². The van der Waals surface area contributed by atoms with E-state index >= 15 is 0 Å². The topological polar surface area (TPSA) is 49.4 Å². The standard InChI is InChI=1S/C29H30Cl2N2O2/c30-24-13-8-11-22(17-24)19-28(34)33(20-23-12-4-7-16-26(23)31)27(18-21-9-2-1-3-10-21)29(35)32-25-14-5-6-15-25/h1-4,7-13,16-17,25,27H,5-6,14-15,18-20H2,(H,32,35)/t27-/m1/s1. The van der Waals surface area contributed by atoms with Crippen LogP contribution in [-0.4, -0.2) is 28.8 Å². The zero-order chi connectivity index (χ0) is 24.6. The lowest BCUT2D eigenvalue weighted by atomic mass is 10.0. The molecular formula is C29H30Cl2N2O2. The second-order valence-electron chi connectivity index (χ2n) is 9.12. The fourth-order valence-corrected chi connectivity index (χ4v) is 5.06. The van der Waals surface area contributed by atoms with Gasteiger partial charge in [0.1, 0.15) is 6.04 Å². The minimum atomic E-state index is -0.666. The Kier molecular flexibility index (Phi) is 8.84. The molecule has 1 atom stereocenters. The normalized spacial score (nSPS) is 14.5. The molecule has 0 radical (unpaired) electrons. The predicted molar refractivity (Wildman–Crippen MR) is 141 cm³/mol. The number of rotatable bonds is 9. The van der Waals surface area contributed by atoms with Crippen LogP contribution in [0.4, 0.5) is 0 Å². The molecule has 35 heavy (non-hydrogen) atoms. The molecule has 2 amide bonds. The van der Waals surface area contributed by atoms with Crippen LogP contribution in [0.15, 0.2) is 78.9 Å². The van der Waals surface area contributed by atoms with Gasteiger partial charge < -0.3 is 10.2 Å². The molecule has 0 heterocycles. The third-order valence-electron chi connectivity index (χ3n) is 6.52. The van der Waals surface area contributed by atoms with Gasteiger partial charge in [0.15, 0.2) is 0 Å². The molecule has 4 nitrogen and oxygen atoms in total. The zero-order valence-electron chi connectivity index (χ0n) is 19.6. The lowest BCUT2D eigenvalue weighted by molar-refractivity contribution is -0.141. The van der Waals surface area contributed by atoms with Gasteiger partial charge in [-0.15, -0.1) is 0 Å². The molecule has 1 aliphatic carbocycles.